The summed E-state index contributed by atoms with van der Waals surface area (Å²) in [6, 6.07) is 0.863. The lowest BCUT2D eigenvalue weighted by Gasteiger charge is -2.42. The molecule has 0 spiro atoms. The highest BCUT2D eigenvalue weighted by molar-refractivity contribution is 4.83. The third-order valence-corrected chi connectivity index (χ3v) is 4.92. The Bertz CT molecular complexity index is 238. The van der Waals surface area contributed by atoms with Crippen LogP contribution in [0, 0.1) is 11.8 Å². The van der Waals surface area contributed by atoms with Crippen molar-refractivity contribution in [3.8, 4) is 0 Å². The highest BCUT2D eigenvalue weighted by Gasteiger charge is 2.27. The highest BCUT2D eigenvalue weighted by atomic mass is 15.2. The van der Waals surface area contributed by atoms with Crippen molar-refractivity contribution < 1.29 is 0 Å². The fraction of sp³-hybridized carbons (Fsp3) is 1.00. The van der Waals surface area contributed by atoms with E-state index in [0.717, 1.165) is 24.4 Å². The second-order valence-corrected chi connectivity index (χ2v) is 6.98. The Morgan fingerprint density at radius 2 is 1.63 bits per heavy atom. The monoisotopic (exact) mass is 267 g/mol. The number of likely N-dealkylation sites (tertiary alicyclic amines) is 2. The number of nitrogens with two attached hydrogens (primary N) is 1. The van der Waals surface area contributed by atoms with E-state index in [1.807, 2.05) is 0 Å². The van der Waals surface area contributed by atoms with Gasteiger partial charge in [0.05, 0.1) is 0 Å². The van der Waals surface area contributed by atoms with Crippen LogP contribution in [-0.4, -0.2) is 55.1 Å². The van der Waals surface area contributed by atoms with E-state index >= 15 is 0 Å². The molecular weight excluding hydrogens is 234 g/mol. The van der Waals surface area contributed by atoms with Gasteiger partial charge in [0.25, 0.3) is 0 Å². The number of piperidine rings is 2. The van der Waals surface area contributed by atoms with E-state index in [1.165, 1.54) is 64.8 Å². The Kier molecular flexibility index (Phi) is 6.11. The van der Waals surface area contributed by atoms with E-state index in [-0.39, 0.29) is 0 Å². The summed E-state index contributed by atoms with van der Waals surface area (Å²) in [5, 5.41) is 0. The first-order chi connectivity index (χ1) is 9.19. The molecule has 112 valence electrons. The molecule has 2 rings (SSSR count). The minimum atomic E-state index is 0.809. The van der Waals surface area contributed by atoms with E-state index in [2.05, 4.69) is 23.6 Å². The normalized spacial score (nSPS) is 25.3. The number of hydrogen-bond donors (Lipinski definition) is 1. The maximum Gasteiger partial charge on any atom is 0.0120 e. The molecule has 0 aromatic carbocycles. The first-order valence-corrected chi connectivity index (χ1v) is 8.35. The van der Waals surface area contributed by atoms with Crippen LogP contribution in [0.4, 0.5) is 0 Å². The van der Waals surface area contributed by atoms with E-state index in [1.54, 1.807) is 0 Å². The molecule has 19 heavy (non-hydrogen) atoms. The van der Waals surface area contributed by atoms with Crippen molar-refractivity contribution in [1.29, 1.82) is 0 Å². The topological polar surface area (TPSA) is 32.5 Å². The van der Waals surface area contributed by atoms with Gasteiger partial charge in [-0.25, -0.2) is 0 Å². The van der Waals surface area contributed by atoms with Crippen LogP contribution >= 0.6 is 0 Å². The summed E-state index contributed by atoms with van der Waals surface area (Å²) in [4.78, 5) is 5.42. The van der Waals surface area contributed by atoms with Crippen LogP contribution in [0.25, 0.3) is 0 Å². The van der Waals surface area contributed by atoms with Crippen molar-refractivity contribution >= 4 is 0 Å². The van der Waals surface area contributed by atoms with Gasteiger partial charge in [0.2, 0.25) is 0 Å². The Morgan fingerprint density at radius 3 is 2.16 bits per heavy atom. The summed E-state index contributed by atoms with van der Waals surface area (Å²) < 4.78 is 0. The van der Waals surface area contributed by atoms with Gasteiger partial charge < -0.3 is 15.5 Å². The molecule has 0 amide bonds. The zero-order chi connectivity index (χ0) is 13.7. The lowest BCUT2D eigenvalue weighted by molar-refractivity contribution is 0.0729. The van der Waals surface area contributed by atoms with Gasteiger partial charge in [-0.2, -0.15) is 0 Å². The van der Waals surface area contributed by atoms with E-state index < -0.39 is 0 Å². The van der Waals surface area contributed by atoms with Crippen molar-refractivity contribution in [3.05, 3.63) is 0 Å². The molecule has 2 fully saturated rings. The van der Waals surface area contributed by atoms with Crippen LogP contribution in [-0.2, 0) is 0 Å². The van der Waals surface area contributed by atoms with E-state index in [9.17, 15) is 0 Å². The Morgan fingerprint density at radius 1 is 1.00 bits per heavy atom. The lowest BCUT2D eigenvalue weighted by atomic mass is 9.91. The average Bonchev–Trinajstić information content (AvgIpc) is 2.40. The molecule has 0 saturated carbocycles. The second kappa shape index (κ2) is 7.61. The minimum absolute atomic E-state index is 0.809. The molecule has 3 nitrogen and oxygen atoms in total. The molecule has 0 unspecified atom stereocenters. The van der Waals surface area contributed by atoms with Gasteiger partial charge in [-0.05, 0) is 76.7 Å². The first kappa shape index (κ1) is 15.3. The van der Waals surface area contributed by atoms with Gasteiger partial charge in [-0.3, -0.25) is 0 Å². The van der Waals surface area contributed by atoms with Crippen molar-refractivity contribution in [2.24, 2.45) is 17.6 Å². The van der Waals surface area contributed by atoms with Crippen LogP contribution < -0.4 is 5.73 Å². The second-order valence-electron chi connectivity index (χ2n) is 6.98. The Balaban J connectivity index is 1.68. The molecule has 0 aromatic heterocycles. The lowest BCUT2D eigenvalue weighted by Crippen LogP contribution is -2.48. The van der Waals surface area contributed by atoms with Gasteiger partial charge in [-0.1, -0.05) is 13.8 Å². The van der Waals surface area contributed by atoms with Gasteiger partial charge in [0.15, 0.2) is 0 Å². The van der Waals surface area contributed by atoms with E-state index in [0.29, 0.717) is 0 Å². The molecule has 2 aliphatic rings. The number of nitrogens with zero attached hydrogens (tertiary/aromatic N) is 2. The van der Waals surface area contributed by atoms with Crippen molar-refractivity contribution in [2.45, 2.75) is 52.0 Å². The molecule has 2 saturated heterocycles. The van der Waals surface area contributed by atoms with Crippen LogP contribution in [0.1, 0.15) is 46.0 Å². The molecule has 2 aliphatic heterocycles. The molecule has 2 heterocycles. The molecule has 0 bridgehead atoms. The van der Waals surface area contributed by atoms with Gasteiger partial charge >= 0.3 is 0 Å². The Hall–Kier alpha value is -0.120. The molecule has 0 aromatic rings. The summed E-state index contributed by atoms with van der Waals surface area (Å²) in [7, 11) is 0. The molecule has 0 radical (unpaired) electrons. The SMILES string of the molecule is CC(C)CN1CCC(N2CCC(CCN)CC2)CC1. The maximum atomic E-state index is 5.67. The summed E-state index contributed by atoms with van der Waals surface area (Å²) in [5.74, 6) is 1.71. The first-order valence-electron chi connectivity index (χ1n) is 8.35. The zero-order valence-electron chi connectivity index (χ0n) is 13.0. The quantitative estimate of drug-likeness (QED) is 0.828. The largest absolute Gasteiger partial charge is 0.330 e. The van der Waals surface area contributed by atoms with Crippen molar-refractivity contribution in [1.82, 2.24) is 9.80 Å². The molecular formula is C16H33N3. The molecule has 3 heteroatoms. The highest BCUT2D eigenvalue weighted by Crippen LogP contribution is 2.25. The Labute approximate surface area is 119 Å². The maximum absolute atomic E-state index is 5.67. The third-order valence-electron chi connectivity index (χ3n) is 4.92. The molecule has 2 N–H and O–H groups in total. The summed E-state index contributed by atoms with van der Waals surface area (Å²) in [6.45, 7) is 12.1. The fourth-order valence-corrected chi connectivity index (χ4v) is 3.83. The predicted molar refractivity (Wildman–Crippen MR) is 82.3 cm³/mol. The van der Waals surface area contributed by atoms with Crippen LogP contribution in [0.2, 0.25) is 0 Å². The predicted octanol–water partition coefficient (Wildman–Crippen LogP) is 2.17. The number of hydrogen-bond acceptors (Lipinski definition) is 3. The smallest absolute Gasteiger partial charge is 0.0120 e. The summed E-state index contributed by atoms with van der Waals surface area (Å²) in [5.41, 5.74) is 5.67. The van der Waals surface area contributed by atoms with Crippen LogP contribution in [0.3, 0.4) is 0 Å². The number of rotatable bonds is 5. The van der Waals surface area contributed by atoms with Crippen LogP contribution in [0.15, 0.2) is 0 Å². The van der Waals surface area contributed by atoms with Crippen molar-refractivity contribution in [3.63, 3.8) is 0 Å². The molecule has 0 aliphatic carbocycles. The zero-order valence-corrected chi connectivity index (χ0v) is 13.0. The average molecular weight is 267 g/mol. The van der Waals surface area contributed by atoms with Gasteiger partial charge in [-0.15, -0.1) is 0 Å². The van der Waals surface area contributed by atoms with E-state index in [4.69, 9.17) is 5.73 Å². The van der Waals surface area contributed by atoms with Gasteiger partial charge in [0.1, 0.15) is 0 Å². The van der Waals surface area contributed by atoms with Crippen molar-refractivity contribution in [2.75, 3.05) is 39.3 Å². The molecule has 0 atom stereocenters. The van der Waals surface area contributed by atoms with Gasteiger partial charge in [0, 0.05) is 12.6 Å². The fourth-order valence-electron chi connectivity index (χ4n) is 3.83. The minimum Gasteiger partial charge on any atom is -0.330 e. The third kappa shape index (κ3) is 4.73. The summed E-state index contributed by atoms with van der Waals surface area (Å²) in [6.07, 6.45) is 6.76. The summed E-state index contributed by atoms with van der Waals surface area (Å²) >= 11 is 0. The van der Waals surface area contributed by atoms with Crippen LogP contribution in [0.5, 0.6) is 0 Å². The standard InChI is InChI=1S/C16H33N3/c1-14(2)13-18-9-6-16(7-10-18)19-11-4-15(3-8-17)5-12-19/h14-16H,3-13,17H2,1-2H3.